The molecule has 9 heteroatoms. The molecule has 0 radical (unpaired) electrons. The minimum Gasteiger partial charge on any atom is -0.347 e. The van der Waals surface area contributed by atoms with Crippen molar-refractivity contribution in [2.45, 2.75) is 12.7 Å². The molecule has 0 atom stereocenters. The van der Waals surface area contributed by atoms with Gasteiger partial charge in [-0.2, -0.15) is 18.3 Å². The summed E-state index contributed by atoms with van der Waals surface area (Å²) in [6.45, 7) is 0.328. The molecule has 0 saturated carbocycles. The quantitative estimate of drug-likeness (QED) is 0.527. The maximum Gasteiger partial charge on any atom is 0.417 e. The van der Waals surface area contributed by atoms with Gasteiger partial charge in [-0.3, -0.25) is 9.48 Å². The van der Waals surface area contributed by atoms with Gasteiger partial charge >= 0.3 is 6.18 Å². The molecule has 1 aromatic carbocycles. The molecule has 4 aromatic rings. The van der Waals surface area contributed by atoms with E-state index in [0.29, 0.717) is 17.6 Å². The summed E-state index contributed by atoms with van der Waals surface area (Å²) in [6, 6.07) is 10.3. The Bertz CT molecular complexity index is 1180. The topological polar surface area (TPSA) is 59.8 Å². The van der Waals surface area contributed by atoms with Crippen molar-refractivity contribution in [2.75, 3.05) is 0 Å². The standard InChI is InChI=1S/C20H15F3N4OS/c1-27-18-15(11-25-27)14(19(28)24-10-12-5-4-8-29-12)9-17(26-18)13-6-2-3-7-16(13)20(21,22)23/h2-9,11H,10H2,1H3,(H,24,28). The highest BCUT2D eigenvalue weighted by atomic mass is 32.1. The van der Waals surface area contributed by atoms with E-state index in [-0.39, 0.29) is 16.8 Å². The van der Waals surface area contributed by atoms with Gasteiger partial charge in [0.05, 0.1) is 34.9 Å². The van der Waals surface area contributed by atoms with Gasteiger partial charge in [-0.25, -0.2) is 4.98 Å². The van der Waals surface area contributed by atoms with E-state index in [1.807, 2.05) is 17.5 Å². The van der Waals surface area contributed by atoms with Crippen LogP contribution in [0, 0.1) is 0 Å². The van der Waals surface area contributed by atoms with Crippen LogP contribution in [0.3, 0.4) is 0 Å². The molecule has 0 bridgehead atoms. The summed E-state index contributed by atoms with van der Waals surface area (Å²) in [4.78, 5) is 18.2. The Morgan fingerprint density at radius 2 is 2.00 bits per heavy atom. The number of aromatic nitrogens is 3. The van der Waals surface area contributed by atoms with Gasteiger partial charge in [0.15, 0.2) is 5.65 Å². The van der Waals surface area contributed by atoms with Crippen LogP contribution >= 0.6 is 11.3 Å². The second kappa shape index (κ2) is 7.32. The Hall–Kier alpha value is -3.20. The Morgan fingerprint density at radius 3 is 2.72 bits per heavy atom. The van der Waals surface area contributed by atoms with Crippen LogP contribution in [-0.2, 0) is 19.8 Å². The summed E-state index contributed by atoms with van der Waals surface area (Å²) < 4.78 is 41.9. The van der Waals surface area contributed by atoms with Crippen LogP contribution in [0.4, 0.5) is 13.2 Å². The molecule has 0 unspecified atom stereocenters. The van der Waals surface area contributed by atoms with Gasteiger partial charge in [-0.05, 0) is 23.6 Å². The number of pyridine rings is 1. The molecule has 5 nitrogen and oxygen atoms in total. The first kappa shape index (κ1) is 19.1. The second-order valence-corrected chi connectivity index (χ2v) is 7.40. The van der Waals surface area contributed by atoms with Gasteiger partial charge in [0.25, 0.3) is 5.91 Å². The van der Waals surface area contributed by atoms with Crippen molar-refractivity contribution in [2.24, 2.45) is 7.05 Å². The van der Waals surface area contributed by atoms with E-state index in [9.17, 15) is 18.0 Å². The van der Waals surface area contributed by atoms with Gasteiger partial charge in [0, 0.05) is 17.5 Å². The van der Waals surface area contributed by atoms with Crippen molar-refractivity contribution in [3.8, 4) is 11.3 Å². The number of benzene rings is 1. The fourth-order valence-electron chi connectivity index (χ4n) is 3.07. The SMILES string of the molecule is Cn1ncc2c(C(=O)NCc3cccs3)cc(-c3ccccc3C(F)(F)F)nc21. The van der Waals surface area contributed by atoms with Crippen molar-refractivity contribution in [3.63, 3.8) is 0 Å². The zero-order valence-electron chi connectivity index (χ0n) is 15.2. The lowest BCUT2D eigenvalue weighted by Crippen LogP contribution is -2.22. The summed E-state index contributed by atoms with van der Waals surface area (Å²) in [5, 5.41) is 9.30. The molecule has 1 N–H and O–H groups in total. The van der Waals surface area contributed by atoms with E-state index in [2.05, 4.69) is 15.4 Å². The molecule has 0 saturated heterocycles. The fraction of sp³-hybridized carbons (Fsp3) is 0.150. The lowest BCUT2D eigenvalue weighted by Gasteiger charge is -2.13. The molecule has 4 rings (SSSR count). The number of thiophene rings is 1. The third kappa shape index (κ3) is 3.73. The number of rotatable bonds is 4. The minimum absolute atomic E-state index is 0.0651. The number of carbonyl (C=O) groups excluding carboxylic acids is 1. The summed E-state index contributed by atoms with van der Waals surface area (Å²) >= 11 is 1.50. The van der Waals surface area contributed by atoms with Crippen molar-refractivity contribution >= 4 is 28.3 Å². The molecule has 0 fully saturated rings. The minimum atomic E-state index is -4.54. The zero-order chi connectivity index (χ0) is 20.6. The van der Waals surface area contributed by atoms with E-state index >= 15 is 0 Å². The van der Waals surface area contributed by atoms with Gasteiger partial charge in [-0.15, -0.1) is 11.3 Å². The third-order valence-corrected chi connectivity index (χ3v) is 5.34. The first-order valence-corrected chi connectivity index (χ1v) is 9.52. The molecule has 1 amide bonds. The van der Waals surface area contributed by atoms with Gasteiger partial charge in [0.1, 0.15) is 0 Å². The van der Waals surface area contributed by atoms with Crippen LogP contribution < -0.4 is 5.32 Å². The molecule has 0 aliphatic heterocycles. The van der Waals surface area contributed by atoms with E-state index < -0.39 is 17.6 Å². The third-order valence-electron chi connectivity index (χ3n) is 4.46. The van der Waals surface area contributed by atoms with Gasteiger partial charge < -0.3 is 5.32 Å². The van der Waals surface area contributed by atoms with Crippen LogP contribution in [0.15, 0.2) is 54.0 Å². The van der Waals surface area contributed by atoms with Crippen molar-refractivity contribution in [3.05, 3.63) is 70.0 Å². The number of hydrogen-bond donors (Lipinski definition) is 1. The number of nitrogens with one attached hydrogen (secondary N) is 1. The average molecular weight is 416 g/mol. The first-order chi connectivity index (χ1) is 13.8. The van der Waals surface area contributed by atoms with Crippen LogP contribution in [0.2, 0.25) is 0 Å². The van der Waals surface area contributed by atoms with E-state index in [4.69, 9.17) is 0 Å². The Kier molecular flexibility index (Phi) is 4.83. The van der Waals surface area contributed by atoms with Crippen LogP contribution in [-0.4, -0.2) is 20.7 Å². The van der Waals surface area contributed by atoms with E-state index in [0.717, 1.165) is 10.9 Å². The van der Waals surface area contributed by atoms with E-state index in [1.54, 1.807) is 7.05 Å². The number of alkyl halides is 3. The molecule has 3 aromatic heterocycles. The summed E-state index contributed by atoms with van der Waals surface area (Å²) in [7, 11) is 1.63. The highest BCUT2D eigenvalue weighted by Crippen LogP contribution is 2.37. The van der Waals surface area contributed by atoms with Gasteiger partial charge in [0.2, 0.25) is 0 Å². The van der Waals surface area contributed by atoms with E-state index in [1.165, 1.54) is 46.5 Å². The monoisotopic (exact) mass is 416 g/mol. The molecule has 0 aliphatic carbocycles. The van der Waals surface area contributed by atoms with Crippen molar-refractivity contribution in [1.82, 2.24) is 20.1 Å². The first-order valence-electron chi connectivity index (χ1n) is 8.64. The normalized spacial score (nSPS) is 11.7. The number of amides is 1. The maximum absolute atomic E-state index is 13.5. The molecular weight excluding hydrogens is 401 g/mol. The number of aryl methyl sites for hydroxylation is 1. The Balaban J connectivity index is 1.81. The predicted molar refractivity (Wildman–Crippen MR) is 104 cm³/mol. The predicted octanol–water partition coefficient (Wildman–Crippen LogP) is 4.65. The average Bonchev–Trinajstić information content (AvgIpc) is 3.35. The molecule has 148 valence electrons. The highest BCUT2D eigenvalue weighted by molar-refractivity contribution is 7.09. The fourth-order valence-corrected chi connectivity index (χ4v) is 3.71. The Labute approximate surface area is 167 Å². The van der Waals surface area contributed by atoms with Gasteiger partial charge in [-0.1, -0.05) is 24.3 Å². The summed E-state index contributed by atoms with van der Waals surface area (Å²) in [5.74, 6) is -0.399. The molecular formula is C20H15F3N4OS. The number of halogens is 3. The highest BCUT2D eigenvalue weighted by Gasteiger charge is 2.34. The lowest BCUT2D eigenvalue weighted by atomic mass is 10.0. The number of fused-ring (bicyclic) bond motifs is 1. The zero-order valence-corrected chi connectivity index (χ0v) is 16.0. The molecule has 0 aliphatic rings. The van der Waals surface area contributed by atoms with Crippen LogP contribution in [0.1, 0.15) is 20.8 Å². The maximum atomic E-state index is 13.5. The largest absolute Gasteiger partial charge is 0.417 e. The summed E-state index contributed by atoms with van der Waals surface area (Å²) in [5.41, 5.74) is -0.267. The lowest BCUT2D eigenvalue weighted by molar-refractivity contribution is -0.137. The molecule has 0 spiro atoms. The van der Waals surface area contributed by atoms with Crippen LogP contribution in [0.5, 0.6) is 0 Å². The van der Waals surface area contributed by atoms with Crippen molar-refractivity contribution < 1.29 is 18.0 Å². The molecule has 3 heterocycles. The Morgan fingerprint density at radius 1 is 1.21 bits per heavy atom. The smallest absolute Gasteiger partial charge is 0.347 e. The number of hydrogen-bond acceptors (Lipinski definition) is 4. The molecule has 29 heavy (non-hydrogen) atoms. The summed E-state index contributed by atoms with van der Waals surface area (Å²) in [6.07, 6.45) is -3.05. The van der Waals surface area contributed by atoms with Crippen LogP contribution in [0.25, 0.3) is 22.3 Å². The van der Waals surface area contributed by atoms with Crippen molar-refractivity contribution in [1.29, 1.82) is 0 Å². The second-order valence-electron chi connectivity index (χ2n) is 6.37. The number of nitrogens with zero attached hydrogens (tertiary/aromatic N) is 3. The number of carbonyl (C=O) groups is 1.